The average molecular weight is 263 g/mol. The largest absolute Gasteiger partial charge is 0.356 e. The van der Waals surface area contributed by atoms with E-state index < -0.39 is 0 Å². The van der Waals surface area contributed by atoms with Crippen LogP contribution in [0.2, 0.25) is 0 Å². The van der Waals surface area contributed by atoms with E-state index >= 15 is 0 Å². The Bertz CT molecular complexity index is 619. The van der Waals surface area contributed by atoms with Crippen LogP contribution in [0.1, 0.15) is 19.3 Å². The van der Waals surface area contributed by atoms with Gasteiger partial charge in [0.05, 0.1) is 6.57 Å². The number of anilines is 1. The van der Waals surface area contributed by atoms with E-state index in [2.05, 4.69) is 20.8 Å². The van der Waals surface area contributed by atoms with Crippen LogP contribution >= 0.6 is 0 Å². The third-order valence-corrected chi connectivity index (χ3v) is 3.75. The van der Waals surface area contributed by atoms with Crippen molar-refractivity contribution in [1.29, 1.82) is 0 Å². The molecule has 2 heterocycles. The summed E-state index contributed by atoms with van der Waals surface area (Å²) in [5.41, 5.74) is 2.97. The molecule has 0 spiro atoms. The summed E-state index contributed by atoms with van der Waals surface area (Å²) in [6.45, 7) is 9.20. The molecule has 0 unspecified atom stereocenters. The molecule has 1 aromatic heterocycles. The van der Waals surface area contributed by atoms with Gasteiger partial charge in [-0.15, -0.1) is 0 Å². The lowest BCUT2D eigenvalue weighted by Crippen LogP contribution is -2.30. The van der Waals surface area contributed by atoms with Gasteiger partial charge in [0.15, 0.2) is 5.69 Å². The lowest BCUT2D eigenvalue weighted by atomic mass is 10.0. The van der Waals surface area contributed by atoms with Crippen LogP contribution in [-0.2, 0) is 0 Å². The number of benzene rings is 1. The van der Waals surface area contributed by atoms with Crippen molar-refractivity contribution in [3.63, 3.8) is 0 Å². The maximum Gasteiger partial charge on any atom is 0.187 e. The first-order chi connectivity index (χ1) is 9.88. The minimum atomic E-state index is 0.678. The summed E-state index contributed by atoms with van der Waals surface area (Å²) in [6, 6.07) is 11.9. The standard InChI is InChI=1S/C17H17N3/c1-18-15-9-7-14(8-10-15)16-6-5-11-19-17(16)20-12-3-2-4-13-20/h5-11H,2-4,12-13H2. The Kier molecular flexibility index (Phi) is 3.64. The van der Waals surface area contributed by atoms with Crippen molar-refractivity contribution in [2.45, 2.75) is 19.3 Å². The fourth-order valence-corrected chi connectivity index (χ4v) is 2.70. The average Bonchev–Trinajstić information content (AvgIpc) is 2.56. The van der Waals surface area contributed by atoms with E-state index in [1.54, 1.807) is 0 Å². The summed E-state index contributed by atoms with van der Waals surface area (Å²) >= 11 is 0. The summed E-state index contributed by atoms with van der Waals surface area (Å²) in [5.74, 6) is 1.07. The van der Waals surface area contributed by atoms with Crippen molar-refractivity contribution >= 4 is 11.5 Å². The van der Waals surface area contributed by atoms with Crippen LogP contribution < -0.4 is 4.90 Å². The molecule has 0 saturated carbocycles. The van der Waals surface area contributed by atoms with E-state index in [1.165, 1.54) is 19.3 Å². The van der Waals surface area contributed by atoms with Gasteiger partial charge in [-0.2, -0.15) is 0 Å². The van der Waals surface area contributed by atoms with Crippen LogP contribution in [0.5, 0.6) is 0 Å². The van der Waals surface area contributed by atoms with Crippen LogP contribution in [0.4, 0.5) is 11.5 Å². The maximum absolute atomic E-state index is 7.03. The van der Waals surface area contributed by atoms with Gasteiger partial charge < -0.3 is 4.90 Å². The molecule has 1 aliphatic rings. The van der Waals surface area contributed by atoms with Crippen molar-refractivity contribution in [3.05, 3.63) is 54.0 Å². The predicted octanol–water partition coefficient (Wildman–Crippen LogP) is 4.29. The highest BCUT2D eigenvalue weighted by Crippen LogP contribution is 2.31. The molecule has 0 N–H and O–H groups in total. The molecular weight excluding hydrogens is 246 g/mol. The van der Waals surface area contributed by atoms with Crippen LogP contribution in [-0.4, -0.2) is 18.1 Å². The highest BCUT2D eigenvalue weighted by atomic mass is 15.2. The predicted molar refractivity (Wildman–Crippen MR) is 82.0 cm³/mol. The molecule has 0 amide bonds. The topological polar surface area (TPSA) is 20.5 Å². The summed E-state index contributed by atoms with van der Waals surface area (Å²) in [7, 11) is 0. The SMILES string of the molecule is [C-]#[N+]c1ccc(-c2cccnc2N2CCCCC2)cc1. The van der Waals surface area contributed by atoms with Crippen LogP contribution in [0.25, 0.3) is 16.0 Å². The number of nitrogens with zero attached hydrogens (tertiary/aromatic N) is 3. The van der Waals surface area contributed by atoms with Gasteiger partial charge in [0.2, 0.25) is 0 Å². The zero-order valence-electron chi connectivity index (χ0n) is 11.4. The van der Waals surface area contributed by atoms with E-state index in [-0.39, 0.29) is 0 Å². The van der Waals surface area contributed by atoms with E-state index in [1.807, 2.05) is 36.5 Å². The van der Waals surface area contributed by atoms with Gasteiger partial charge in [-0.1, -0.05) is 24.3 Å². The molecule has 1 aliphatic heterocycles. The molecule has 1 fully saturated rings. The Morgan fingerprint density at radius 3 is 2.45 bits per heavy atom. The number of hydrogen-bond acceptors (Lipinski definition) is 2. The fraction of sp³-hybridized carbons (Fsp3) is 0.294. The molecule has 0 atom stereocenters. The Hall–Kier alpha value is -2.34. The molecule has 0 bridgehead atoms. The van der Waals surface area contributed by atoms with Gasteiger partial charge >= 0.3 is 0 Å². The minimum Gasteiger partial charge on any atom is -0.356 e. The second-order valence-corrected chi connectivity index (χ2v) is 5.08. The number of rotatable bonds is 2. The van der Waals surface area contributed by atoms with Gasteiger partial charge in [-0.3, -0.25) is 0 Å². The number of hydrogen-bond donors (Lipinski definition) is 0. The van der Waals surface area contributed by atoms with Gasteiger partial charge in [0.1, 0.15) is 5.82 Å². The van der Waals surface area contributed by atoms with Crippen molar-refractivity contribution in [2.75, 3.05) is 18.0 Å². The summed E-state index contributed by atoms with van der Waals surface area (Å²) in [6.07, 6.45) is 5.67. The van der Waals surface area contributed by atoms with Crippen molar-refractivity contribution in [2.24, 2.45) is 0 Å². The molecule has 3 nitrogen and oxygen atoms in total. The summed E-state index contributed by atoms with van der Waals surface area (Å²) < 4.78 is 0. The lowest BCUT2D eigenvalue weighted by Gasteiger charge is -2.29. The Labute approximate surface area is 119 Å². The molecule has 3 rings (SSSR count). The van der Waals surface area contributed by atoms with Crippen molar-refractivity contribution in [1.82, 2.24) is 4.98 Å². The van der Waals surface area contributed by atoms with Crippen molar-refractivity contribution < 1.29 is 0 Å². The van der Waals surface area contributed by atoms with Crippen LogP contribution in [0.3, 0.4) is 0 Å². The smallest absolute Gasteiger partial charge is 0.187 e. The van der Waals surface area contributed by atoms with Gasteiger partial charge in [-0.25, -0.2) is 9.83 Å². The highest BCUT2D eigenvalue weighted by Gasteiger charge is 2.16. The first kappa shape index (κ1) is 12.7. The van der Waals surface area contributed by atoms with Gasteiger partial charge in [0.25, 0.3) is 0 Å². The molecule has 2 aromatic rings. The van der Waals surface area contributed by atoms with Crippen molar-refractivity contribution in [3.8, 4) is 11.1 Å². The summed E-state index contributed by atoms with van der Waals surface area (Å²) in [4.78, 5) is 10.4. The molecule has 100 valence electrons. The number of aromatic nitrogens is 1. The molecule has 0 radical (unpaired) electrons. The Balaban J connectivity index is 1.98. The van der Waals surface area contributed by atoms with Gasteiger partial charge in [0, 0.05) is 24.8 Å². The fourth-order valence-electron chi connectivity index (χ4n) is 2.70. The number of piperidine rings is 1. The zero-order chi connectivity index (χ0) is 13.8. The molecule has 1 aromatic carbocycles. The molecule has 0 aliphatic carbocycles. The molecule has 1 saturated heterocycles. The van der Waals surface area contributed by atoms with E-state index in [4.69, 9.17) is 6.57 Å². The quantitative estimate of drug-likeness (QED) is 0.753. The Morgan fingerprint density at radius 2 is 1.75 bits per heavy atom. The molecular formula is C17H17N3. The second-order valence-electron chi connectivity index (χ2n) is 5.08. The molecule has 3 heteroatoms. The second kappa shape index (κ2) is 5.75. The third kappa shape index (κ3) is 2.50. The first-order valence-electron chi connectivity index (χ1n) is 7.06. The minimum absolute atomic E-state index is 0.678. The van der Waals surface area contributed by atoms with E-state index in [9.17, 15) is 0 Å². The lowest BCUT2D eigenvalue weighted by molar-refractivity contribution is 0.574. The molecule has 20 heavy (non-hydrogen) atoms. The Morgan fingerprint density at radius 1 is 1.00 bits per heavy atom. The monoisotopic (exact) mass is 263 g/mol. The van der Waals surface area contributed by atoms with E-state index in [0.717, 1.165) is 30.0 Å². The zero-order valence-corrected chi connectivity index (χ0v) is 11.4. The van der Waals surface area contributed by atoms with Gasteiger partial charge in [-0.05, 0) is 37.0 Å². The van der Waals surface area contributed by atoms with Crippen LogP contribution in [0, 0.1) is 6.57 Å². The maximum atomic E-state index is 7.03. The van der Waals surface area contributed by atoms with Crippen LogP contribution in [0.15, 0.2) is 42.6 Å². The van der Waals surface area contributed by atoms with E-state index in [0.29, 0.717) is 5.69 Å². The third-order valence-electron chi connectivity index (χ3n) is 3.75. The summed E-state index contributed by atoms with van der Waals surface area (Å²) in [5, 5.41) is 0. The number of pyridine rings is 1. The highest BCUT2D eigenvalue weighted by molar-refractivity contribution is 5.76. The first-order valence-corrected chi connectivity index (χ1v) is 7.06. The normalized spacial score (nSPS) is 14.8.